The van der Waals surface area contributed by atoms with Crippen LogP contribution in [0.1, 0.15) is 25.3 Å². The quantitative estimate of drug-likeness (QED) is 0.721. The topological polar surface area (TPSA) is 40.1 Å². The van der Waals surface area contributed by atoms with Gasteiger partial charge < -0.3 is 5.11 Å². The van der Waals surface area contributed by atoms with Crippen molar-refractivity contribution in [3.63, 3.8) is 0 Å². The molecule has 13 heavy (non-hydrogen) atoms. The molecular weight excluding hydrogens is 260 g/mol. The van der Waals surface area contributed by atoms with Crippen molar-refractivity contribution in [1.82, 2.24) is 0 Å². The van der Waals surface area contributed by atoms with Crippen LogP contribution in [0.2, 0.25) is 0 Å². The van der Waals surface area contributed by atoms with Crippen LogP contribution in [-0.4, -0.2) is 0 Å². The van der Waals surface area contributed by atoms with Gasteiger partial charge in [0.05, 0.1) is 0 Å². The van der Waals surface area contributed by atoms with Gasteiger partial charge >= 0.3 is 22.4 Å². The van der Waals surface area contributed by atoms with Crippen LogP contribution in [0.15, 0.2) is 29.1 Å². The fourth-order valence-electron chi connectivity index (χ4n) is 0.958. The second-order valence-corrected chi connectivity index (χ2v) is 3.05. The van der Waals surface area contributed by atoms with E-state index in [-0.39, 0.29) is 28.3 Å². The molecule has 1 aromatic rings. The fourth-order valence-corrected chi connectivity index (χ4v) is 0.958. The van der Waals surface area contributed by atoms with E-state index in [1.807, 2.05) is 13.8 Å². The van der Waals surface area contributed by atoms with Crippen LogP contribution in [0.4, 0.5) is 0 Å². The first-order valence-corrected chi connectivity index (χ1v) is 3.92. The molecule has 0 aliphatic heterocycles. The standard InChI is InChI=1S/C10H12O2.Ag/c1-7(2)8-4-3-5-9(11)10(12)6-8;/h3-7H,1-2H3,(H,11,12);/q;+1/p-1. The van der Waals surface area contributed by atoms with Crippen molar-refractivity contribution >= 4 is 0 Å². The zero-order valence-electron chi connectivity index (χ0n) is 7.50. The Bertz CT molecular complexity index is 334. The molecule has 0 amide bonds. The molecule has 0 radical (unpaired) electrons. The van der Waals surface area contributed by atoms with Gasteiger partial charge in [-0.3, -0.25) is 4.79 Å². The first kappa shape index (κ1) is 12.4. The Morgan fingerprint density at radius 1 is 1.31 bits per heavy atom. The molecule has 0 saturated carbocycles. The minimum absolute atomic E-state index is 0. The molecule has 0 heterocycles. The van der Waals surface area contributed by atoms with Gasteiger partial charge in [0, 0.05) is 0 Å². The van der Waals surface area contributed by atoms with E-state index in [4.69, 9.17) is 0 Å². The van der Waals surface area contributed by atoms with Gasteiger partial charge in [-0.25, -0.2) is 0 Å². The Kier molecular flexibility index (Phi) is 4.99. The molecule has 74 valence electrons. The van der Waals surface area contributed by atoms with E-state index in [1.54, 1.807) is 12.1 Å². The average Bonchev–Trinajstić information content (AvgIpc) is 2.15. The molecule has 0 aliphatic rings. The maximum atomic E-state index is 11.0. The minimum atomic E-state index is -0.443. The maximum absolute atomic E-state index is 11.0. The van der Waals surface area contributed by atoms with Crippen molar-refractivity contribution in [3.8, 4) is 5.75 Å². The van der Waals surface area contributed by atoms with E-state index < -0.39 is 11.2 Å². The summed E-state index contributed by atoms with van der Waals surface area (Å²) in [6.07, 6.45) is 0. The summed E-state index contributed by atoms with van der Waals surface area (Å²) >= 11 is 0. The Morgan fingerprint density at radius 3 is 2.46 bits per heavy atom. The van der Waals surface area contributed by atoms with Crippen molar-refractivity contribution in [2.45, 2.75) is 19.8 Å². The number of rotatable bonds is 1. The first-order valence-electron chi connectivity index (χ1n) is 3.92. The summed E-state index contributed by atoms with van der Waals surface area (Å²) < 4.78 is 0. The van der Waals surface area contributed by atoms with Crippen LogP contribution in [-0.2, 0) is 22.4 Å². The number of hydrogen-bond donors (Lipinski definition) is 0. The van der Waals surface area contributed by atoms with Crippen LogP contribution in [0.3, 0.4) is 0 Å². The molecule has 1 aromatic carbocycles. The molecule has 0 saturated heterocycles. The smallest absolute Gasteiger partial charge is 0.870 e. The molecule has 0 spiro atoms. The Labute approximate surface area is 93.1 Å². The minimum Gasteiger partial charge on any atom is -0.870 e. The Morgan fingerprint density at radius 2 is 1.92 bits per heavy atom. The maximum Gasteiger partial charge on any atom is 1.00 e. The van der Waals surface area contributed by atoms with E-state index in [0.29, 0.717) is 0 Å². The van der Waals surface area contributed by atoms with Crippen LogP contribution >= 0.6 is 0 Å². The summed E-state index contributed by atoms with van der Waals surface area (Å²) in [7, 11) is 0. The molecule has 1 rings (SSSR count). The van der Waals surface area contributed by atoms with Crippen molar-refractivity contribution in [2.75, 3.05) is 0 Å². The van der Waals surface area contributed by atoms with E-state index in [1.165, 1.54) is 12.1 Å². The summed E-state index contributed by atoms with van der Waals surface area (Å²) in [5, 5.41) is 10.9. The van der Waals surface area contributed by atoms with Gasteiger partial charge in [-0.2, -0.15) is 0 Å². The van der Waals surface area contributed by atoms with Gasteiger partial charge in [-0.05, 0) is 17.5 Å². The van der Waals surface area contributed by atoms with Gasteiger partial charge in [0.15, 0.2) is 5.43 Å². The van der Waals surface area contributed by atoms with Crippen LogP contribution in [0, 0.1) is 0 Å². The summed E-state index contributed by atoms with van der Waals surface area (Å²) in [5.41, 5.74) is 0.478. The van der Waals surface area contributed by atoms with Crippen LogP contribution < -0.4 is 10.5 Å². The molecule has 0 aliphatic carbocycles. The largest absolute Gasteiger partial charge is 1.00 e. The van der Waals surface area contributed by atoms with Gasteiger partial charge in [-0.1, -0.05) is 37.8 Å². The molecule has 2 nitrogen and oxygen atoms in total. The third-order valence-corrected chi connectivity index (χ3v) is 1.74. The summed E-state index contributed by atoms with van der Waals surface area (Å²) in [6.45, 7) is 3.97. The second kappa shape index (κ2) is 5.22. The average molecular weight is 271 g/mol. The second-order valence-electron chi connectivity index (χ2n) is 3.05. The molecule has 3 heteroatoms. The normalized spacial score (nSPS) is 9.46. The van der Waals surface area contributed by atoms with Gasteiger partial charge in [0.25, 0.3) is 0 Å². The zero-order chi connectivity index (χ0) is 9.14. The van der Waals surface area contributed by atoms with Gasteiger partial charge in [0.1, 0.15) is 0 Å². The third-order valence-electron chi connectivity index (χ3n) is 1.74. The van der Waals surface area contributed by atoms with Crippen molar-refractivity contribution in [3.05, 3.63) is 40.1 Å². The Balaban J connectivity index is 0.00000144. The van der Waals surface area contributed by atoms with Crippen molar-refractivity contribution in [2.24, 2.45) is 0 Å². The fraction of sp³-hybridized carbons (Fsp3) is 0.300. The summed E-state index contributed by atoms with van der Waals surface area (Å²) in [5.74, 6) is -0.161. The SMILES string of the molecule is CC(C)c1cccc([O-])c(=O)c1.[Ag+]. The molecule has 0 bridgehead atoms. The Hall–Kier alpha value is -0.570. The van der Waals surface area contributed by atoms with E-state index >= 15 is 0 Å². The van der Waals surface area contributed by atoms with Gasteiger partial charge in [-0.15, -0.1) is 0 Å². The monoisotopic (exact) mass is 270 g/mol. The first-order chi connectivity index (χ1) is 5.61. The molecule has 0 fully saturated rings. The zero-order valence-corrected chi connectivity index (χ0v) is 8.99. The van der Waals surface area contributed by atoms with Gasteiger partial charge in [0.2, 0.25) is 0 Å². The number of hydrogen-bond acceptors (Lipinski definition) is 2. The van der Waals surface area contributed by atoms with E-state index in [0.717, 1.165) is 5.56 Å². The van der Waals surface area contributed by atoms with Crippen molar-refractivity contribution < 1.29 is 27.5 Å². The van der Waals surface area contributed by atoms with E-state index in [9.17, 15) is 9.90 Å². The molecular formula is C10H11AgO2. The van der Waals surface area contributed by atoms with E-state index in [2.05, 4.69) is 0 Å². The predicted molar refractivity (Wildman–Crippen MR) is 46.2 cm³/mol. The molecule has 0 aromatic heterocycles. The summed E-state index contributed by atoms with van der Waals surface area (Å²) in [6, 6.07) is 6.13. The molecule has 0 N–H and O–H groups in total. The summed E-state index contributed by atoms with van der Waals surface area (Å²) in [4.78, 5) is 11.0. The third kappa shape index (κ3) is 3.35. The van der Waals surface area contributed by atoms with Crippen LogP contribution in [0.5, 0.6) is 5.75 Å². The van der Waals surface area contributed by atoms with Crippen molar-refractivity contribution in [1.29, 1.82) is 0 Å². The molecule has 0 atom stereocenters. The predicted octanol–water partition coefficient (Wildman–Crippen LogP) is 1.24. The molecule has 0 unspecified atom stereocenters. The van der Waals surface area contributed by atoms with Crippen LogP contribution in [0.25, 0.3) is 0 Å².